The molecule has 17 heavy (non-hydrogen) atoms. The number of rotatable bonds is 5. The number of hydrogen-bond donors (Lipinski definition) is 2. The third kappa shape index (κ3) is 8.31. The van der Waals surface area contributed by atoms with Gasteiger partial charge in [-0.2, -0.15) is 11.8 Å². The minimum absolute atomic E-state index is 0. The Balaban J connectivity index is 0.00000256. The average molecular weight is 434 g/mol. The number of aliphatic imine (C=N–C) groups is 1. The normalized spacial score (nSPS) is 19.6. The molecule has 1 atom stereocenters. The molecule has 100 valence electrons. The second kappa shape index (κ2) is 10.5. The lowest BCUT2D eigenvalue weighted by Gasteiger charge is -2.14. The molecule has 0 aromatic heterocycles. The molecule has 2 N–H and O–H groups in total. The number of thioether (sulfide) groups is 1. The zero-order valence-corrected chi connectivity index (χ0v) is 14.9. The third-order valence-corrected chi connectivity index (χ3v) is 3.92. The highest BCUT2D eigenvalue weighted by atomic mass is 127. The van der Waals surface area contributed by atoms with E-state index in [0.29, 0.717) is 6.54 Å². The van der Waals surface area contributed by atoms with Crippen molar-refractivity contribution in [2.75, 3.05) is 25.4 Å². The average Bonchev–Trinajstić information content (AvgIpc) is 2.75. The number of nitrogens with one attached hydrogen (secondary N) is 2. The van der Waals surface area contributed by atoms with Crippen LogP contribution in [0.25, 0.3) is 0 Å². The van der Waals surface area contributed by atoms with E-state index in [1.165, 1.54) is 18.6 Å². The lowest BCUT2D eigenvalue weighted by Crippen LogP contribution is -2.40. The number of nitrogens with zero attached hydrogens (tertiary/aromatic N) is 1. The molecule has 0 amide bonds. The van der Waals surface area contributed by atoms with Crippen LogP contribution in [-0.4, -0.2) is 36.6 Å². The van der Waals surface area contributed by atoms with E-state index < -0.39 is 0 Å². The summed E-state index contributed by atoms with van der Waals surface area (Å²) in [6.45, 7) is 8.36. The van der Waals surface area contributed by atoms with Crippen molar-refractivity contribution in [3.8, 4) is 0 Å². The Kier molecular flexibility index (Phi) is 10.8. The van der Waals surface area contributed by atoms with Crippen molar-refractivity contribution >= 4 is 57.6 Å². The van der Waals surface area contributed by atoms with Crippen molar-refractivity contribution in [3.63, 3.8) is 0 Å². The Bertz CT molecular complexity index is 255. The van der Waals surface area contributed by atoms with Gasteiger partial charge in [-0.05, 0) is 25.5 Å². The molecule has 0 aromatic rings. The summed E-state index contributed by atoms with van der Waals surface area (Å²) in [5.41, 5.74) is 0. The molecular weight excluding hydrogens is 413 g/mol. The van der Waals surface area contributed by atoms with Crippen LogP contribution >= 0.6 is 51.7 Å². The van der Waals surface area contributed by atoms with Gasteiger partial charge >= 0.3 is 0 Å². The molecule has 1 rings (SSSR count). The standard InChI is InChI=1S/C11H20BrN3S.HI/c1-3-13-11(14-7-9(2)12)15-8-10-5-4-6-16-10;/h10H,2-8H2,1H3,(H2,13,14,15);1H. The summed E-state index contributed by atoms with van der Waals surface area (Å²) in [4.78, 5) is 4.41. The van der Waals surface area contributed by atoms with Crippen LogP contribution in [0.3, 0.4) is 0 Å². The lowest BCUT2D eigenvalue weighted by molar-refractivity contribution is 0.729. The fourth-order valence-electron chi connectivity index (χ4n) is 1.52. The van der Waals surface area contributed by atoms with Crippen molar-refractivity contribution < 1.29 is 0 Å². The monoisotopic (exact) mass is 433 g/mol. The number of halogens is 2. The molecule has 0 bridgehead atoms. The van der Waals surface area contributed by atoms with Crippen molar-refractivity contribution in [3.05, 3.63) is 11.1 Å². The van der Waals surface area contributed by atoms with Crippen LogP contribution in [0, 0.1) is 0 Å². The smallest absolute Gasteiger partial charge is 0.191 e. The van der Waals surface area contributed by atoms with E-state index in [0.717, 1.165) is 28.8 Å². The SMILES string of the molecule is C=C(Br)CN=C(NCC)NCC1CCCS1.I. The molecule has 0 spiro atoms. The van der Waals surface area contributed by atoms with Crippen molar-refractivity contribution in [2.45, 2.75) is 25.0 Å². The van der Waals surface area contributed by atoms with Gasteiger partial charge in [0.1, 0.15) is 0 Å². The molecule has 0 radical (unpaired) electrons. The maximum absolute atomic E-state index is 4.41. The van der Waals surface area contributed by atoms with Gasteiger partial charge in [0.2, 0.25) is 0 Å². The van der Waals surface area contributed by atoms with E-state index in [1.807, 2.05) is 0 Å². The predicted molar refractivity (Wildman–Crippen MR) is 92.9 cm³/mol. The van der Waals surface area contributed by atoms with Crippen LogP contribution in [0.15, 0.2) is 16.1 Å². The summed E-state index contributed by atoms with van der Waals surface area (Å²) >= 11 is 5.36. The molecule has 6 heteroatoms. The Morgan fingerprint density at radius 3 is 2.82 bits per heavy atom. The van der Waals surface area contributed by atoms with Crippen molar-refractivity contribution in [2.24, 2.45) is 4.99 Å². The second-order valence-corrected chi connectivity index (χ2v) is 6.26. The Labute approximate surface area is 134 Å². The van der Waals surface area contributed by atoms with Gasteiger partial charge < -0.3 is 10.6 Å². The first kappa shape index (κ1) is 17.6. The minimum atomic E-state index is 0. The van der Waals surface area contributed by atoms with Gasteiger partial charge in [-0.25, -0.2) is 4.99 Å². The van der Waals surface area contributed by atoms with Crippen LogP contribution in [0.5, 0.6) is 0 Å². The van der Waals surface area contributed by atoms with Crippen LogP contribution in [0.2, 0.25) is 0 Å². The van der Waals surface area contributed by atoms with E-state index in [4.69, 9.17) is 0 Å². The largest absolute Gasteiger partial charge is 0.357 e. The summed E-state index contributed by atoms with van der Waals surface area (Å²) in [6, 6.07) is 0. The zero-order chi connectivity index (χ0) is 11.8. The maximum Gasteiger partial charge on any atom is 0.191 e. The molecular formula is C11H21BrIN3S. The zero-order valence-electron chi connectivity index (χ0n) is 10.2. The Morgan fingerprint density at radius 1 is 1.53 bits per heavy atom. The highest BCUT2D eigenvalue weighted by molar-refractivity contribution is 14.0. The lowest BCUT2D eigenvalue weighted by atomic mass is 10.2. The molecule has 3 nitrogen and oxygen atoms in total. The van der Waals surface area contributed by atoms with Crippen LogP contribution in [0.4, 0.5) is 0 Å². The van der Waals surface area contributed by atoms with E-state index >= 15 is 0 Å². The third-order valence-electron chi connectivity index (χ3n) is 2.27. The highest BCUT2D eigenvalue weighted by Gasteiger charge is 2.15. The first-order valence-electron chi connectivity index (χ1n) is 5.69. The number of guanidine groups is 1. The molecule has 1 fully saturated rings. The molecule has 1 aliphatic heterocycles. The molecule has 0 aliphatic carbocycles. The fourth-order valence-corrected chi connectivity index (χ4v) is 2.85. The summed E-state index contributed by atoms with van der Waals surface area (Å²) < 4.78 is 0.903. The maximum atomic E-state index is 4.41. The molecule has 0 saturated carbocycles. The van der Waals surface area contributed by atoms with Crippen LogP contribution in [0.1, 0.15) is 19.8 Å². The van der Waals surface area contributed by atoms with Gasteiger partial charge in [0, 0.05) is 22.8 Å². The van der Waals surface area contributed by atoms with Gasteiger partial charge in [-0.3, -0.25) is 0 Å². The molecule has 1 saturated heterocycles. The van der Waals surface area contributed by atoms with Gasteiger partial charge in [0.25, 0.3) is 0 Å². The van der Waals surface area contributed by atoms with Crippen LogP contribution in [-0.2, 0) is 0 Å². The van der Waals surface area contributed by atoms with Gasteiger partial charge in [0.15, 0.2) is 5.96 Å². The fraction of sp³-hybridized carbons (Fsp3) is 0.727. The summed E-state index contributed by atoms with van der Waals surface area (Å²) in [5.74, 6) is 2.19. The van der Waals surface area contributed by atoms with Gasteiger partial charge in [-0.1, -0.05) is 22.5 Å². The second-order valence-electron chi connectivity index (χ2n) is 3.73. The summed E-state index contributed by atoms with van der Waals surface area (Å²) in [7, 11) is 0. The topological polar surface area (TPSA) is 36.4 Å². The van der Waals surface area contributed by atoms with Crippen LogP contribution < -0.4 is 10.6 Å². The van der Waals surface area contributed by atoms with E-state index in [-0.39, 0.29) is 24.0 Å². The van der Waals surface area contributed by atoms with E-state index in [9.17, 15) is 0 Å². The first-order valence-corrected chi connectivity index (χ1v) is 7.53. The minimum Gasteiger partial charge on any atom is -0.357 e. The van der Waals surface area contributed by atoms with Gasteiger partial charge in [-0.15, -0.1) is 24.0 Å². The summed E-state index contributed by atoms with van der Waals surface area (Å²) in [6.07, 6.45) is 2.67. The first-order chi connectivity index (χ1) is 7.72. The molecule has 0 aromatic carbocycles. The molecule has 1 heterocycles. The van der Waals surface area contributed by atoms with Crippen molar-refractivity contribution in [1.29, 1.82) is 0 Å². The van der Waals surface area contributed by atoms with Crippen molar-refractivity contribution in [1.82, 2.24) is 10.6 Å². The predicted octanol–water partition coefficient (Wildman–Crippen LogP) is 2.96. The summed E-state index contributed by atoms with van der Waals surface area (Å²) in [5, 5.41) is 7.35. The molecule has 1 aliphatic rings. The van der Waals surface area contributed by atoms with Gasteiger partial charge in [0.05, 0.1) is 6.54 Å². The quantitative estimate of drug-likeness (QED) is 0.397. The van der Waals surface area contributed by atoms with E-state index in [2.05, 4.69) is 56.8 Å². The van der Waals surface area contributed by atoms with E-state index in [1.54, 1.807) is 0 Å². The number of hydrogen-bond acceptors (Lipinski definition) is 2. The Hall–Kier alpha value is 0.570. The molecule has 1 unspecified atom stereocenters. The highest BCUT2D eigenvalue weighted by Crippen LogP contribution is 2.25. The Morgan fingerprint density at radius 2 is 2.29 bits per heavy atom.